The number of ether oxygens (including phenoxy) is 1. The number of hydrogen-bond donors (Lipinski definition) is 0. The van der Waals surface area contributed by atoms with Crippen LogP contribution in [-0.4, -0.2) is 12.6 Å². The molecular weight excluding hydrogens is 464 g/mol. The molecule has 0 rings (SSSR count). The van der Waals surface area contributed by atoms with Gasteiger partial charge in [-0.15, -0.1) is 0 Å². The van der Waals surface area contributed by atoms with Crippen LogP contribution >= 0.6 is 0 Å². The average Bonchev–Trinajstić information content (AvgIpc) is 2.92. The molecule has 226 valence electrons. The van der Waals surface area contributed by atoms with E-state index in [1.165, 1.54) is 167 Å². The maximum atomic E-state index is 11.9. The quantitative estimate of drug-likeness (QED) is 0.0487. The van der Waals surface area contributed by atoms with Crippen LogP contribution in [-0.2, 0) is 9.53 Å². The number of carbonyl (C=O) groups excluding carboxylic acids is 1. The standard InChI is InChI=1S/C36H70O2/c1-3-5-7-9-11-13-15-17-18-19-20-21-23-25-27-29-31-33-35-38-36(37)34-32-30-28-26-24-22-16-14-12-10-8-6-4-2/h14,16H,3-13,15,17-35H2,1-2H3/b16-14-. The Balaban J connectivity index is 3.17. The maximum absolute atomic E-state index is 11.9. The summed E-state index contributed by atoms with van der Waals surface area (Å²) in [7, 11) is 0. The van der Waals surface area contributed by atoms with Gasteiger partial charge in [0.15, 0.2) is 0 Å². The molecule has 0 aromatic rings. The van der Waals surface area contributed by atoms with Gasteiger partial charge in [-0.25, -0.2) is 0 Å². The summed E-state index contributed by atoms with van der Waals surface area (Å²) in [5.41, 5.74) is 0. The van der Waals surface area contributed by atoms with Gasteiger partial charge in [-0.2, -0.15) is 0 Å². The summed E-state index contributed by atoms with van der Waals surface area (Å²) in [4.78, 5) is 11.9. The first-order valence-electron chi connectivity index (χ1n) is 17.6. The van der Waals surface area contributed by atoms with E-state index in [-0.39, 0.29) is 5.97 Å². The van der Waals surface area contributed by atoms with Crippen LogP contribution in [0.3, 0.4) is 0 Å². The molecule has 2 nitrogen and oxygen atoms in total. The van der Waals surface area contributed by atoms with Gasteiger partial charge in [0, 0.05) is 6.42 Å². The molecule has 0 fully saturated rings. The fraction of sp³-hybridized carbons (Fsp3) is 0.917. The summed E-state index contributed by atoms with van der Waals surface area (Å²) in [5, 5.41) is 0. The molecule has 0 aliphatic carbocycles. The lowest BCUT2D eigenvalue weighted by molar-refractivity contribution is -0.143. The molecule has 0 bridgehead atoms. The topological polar surface area (TPSA) is 26.3 Å². The zero-order valence-electron chi connectivity index (χ0n) is 26.4. The summed E-state index contributed by atoms with van der Waals surface area (Å²) in [6.07, 6.45) is 44.1. The molecule has 0 saturated carbocycles. The molecule has 0 aliphatic heterocycles. The van der Waals surface area contributed by atoms with Crippen LogP contribution in [0.4, 0.5) is 0 Å². The predicted molar refractivity (Wildman–Crippen MR) is 170 cm³/mol. The molecule has 38 heavy (non-hydrogen) atoms. The van der Waals surface area contributed by atoms with Crippen LogP contribution in [0.15, 0.2) is 12.2 Å². The van der Waals surface area contributed by atoms with Gasteiger partial charge in [-0.1, -0.05) is 174 Å². The summed E-state index contributed by atoms with van der Waals surface area (Å²) >= 11 is 0. The van der Waals surface area contributed by atoms with Gasteiger partial charge < -0.3 is 4.74 Å². The van der Waals surface area contributed by atoms with Gasteiger partial charge in [0.2, 0.25) is 0 Å². The molecule has 0 radical (unpaired) electrons. The lowest BCUT2D eigenvalue weighted by Gasteiger charge is -2.05. The summed E-state index contributed by atoms with van der Waals surface area (Å²) in [5.74, 6) is 0.0166. The first-order chi connectivity index (χ1) is 18.8. The van der Waals surface area contributed by atoms with E-state index in [1.54, 1.807) is 0 Å². The van der Waals surface area contributed by atoms with E-state index >= 15 is 0 Å². The van der Waals surface area contributed by atoms with Crippen LogP contribution in [0.5, 0.6) is 0 Å². The number of unbranched alkanes of at least 4 members (excludes halogenated alkanes) is 26. The highest BCUT2D eigenvalue weighted by Gasteiger charge is 2.02. The fourth-order valence-electron chi connectivity index (χ4n) is 5.25. The smallest absolute Gasteiger partial charge is 0.305 e. The number of carbonyl (C=O) groups is 1. The van der Waals surface area contributed by atoms with E-state index in [4.69, 9.17) is 4.74 Å². The second-order valence-electron chi connectivity index (χ2n) is 11.9. The third-order valence-corrected chi connectivity index (χ3v) is 7.90. The average molecular weight is 535 g/mol. The number of hydrogen-bond acceptors (Lipinski definition) is 2. The lowest BCUT2D eigenvalue weighted by atomic mass is 10.0. The monoisotopic (exact) mass is 535 g/mol. The Morgan fingerprint density at radius 1 is 0.421 bits per heavy atom. The van der Waals surface area contributed by atoms with Crippen LogP contribution < -0.4 is 0 Å². The highest BCUT2D eigenvalue weighted by molar-refractivity contribution is 5.69. The minimum absolute atomic E-state index is 0.0166. The molecule has 0 saturated heterocycles. The van der Waals surface area contributed by atoms with Gasteiger partial charge in [0.1, 0.15) is 0 Å². The first-order valence-corrected chi connectivity index (χ1v) is 17.6. The van der Waals surface area contributed by atoms with Crippen molar-refractivity contribution in [1.29, 1.82) is 0 Å². The molecule has 0 atom stereocenters. The summed E-state index contributed by atoms with van der Waals surface area (Å²) < 4.78 is 5.43. The molecule has 0 amide bonds. The maximum Gasteiger partial charge on any atom is 0.305 e. The first kappa shape index (κ1) is 37.2. The fourth-order valence-corrected chi connectivity index (χ4v) is 5.25. The summed E-state index contributed by atoms with van der Waals surface area (Å²) in [6.45, 7) is 5.19. The number of rotatable bonds is 32. The largest absolute Gasteiger partial charge is 0.466 e. The van der Waals surface area contributed by atoms with Crippen molar-refractivity contribution >= 4 is 5.97 Å². The Labute approximate surface area is 240 Å². The molecule has 0 aromatic heterocycles. The van der Waals surface area contributed by atoms with Gasteiger partial charge in [0.05, 0.1) is 6.61 Å². The molecule has 0 unspecified atom stereocenters. The Hall–Kier alpha value is -0.790. The Kier molecular flexibility index (Phi) is 33.5. The van der Waals surface area contributed by atoms with Crippen molar-refractivity contribution in [2.75, 3.05) is 6.61 Å². The van der Waals surface area contributed by atoms with Crippen molar-refractivity contribution in [3.05, 3.63) is 12.2 Å². The molecule has 2 heteroatoms. The van der Waals surface area contributed by atoms with Crippen LogP contribution in [0.2, 0.25) is 0 Å². The Bertz CT molecular complexity index is 470. The second kappa shape index (κ2) is 34.2. The third-order valence-electron chi connectivity index (χ3n) is 7.90. The number of esters is 1. The van der Waals surface area contributed by atoms with E-state index < -0.39 is 0 Å². The molecule has 0 heterocycles. The zero-order chi connectivity index (χ0) is 27.6. The SMILES string of the molecule is CCCCCC/C=C\CCCCCCCC(=O)OCCCCCCCCCCCCCCCCCCCC. The van der Waals surface area contributed by atoms with Crippen molar-refractivity contribution in [2.24, 2.45) is 0 Å². The molecule has 0 N–H and O–H groups in total. The van der Waals surface area contributed by atoms with Crippen LogP contribution in [0.25, 0.3) is 0 Å². The van der Waals surface area contributed by atoms with Crippen molar-refractivity contribution in [3.63, 3.8) is 0 Å². The van der Waals surface area contributed by atoms with E-state index in [2.05, 4.69) is 26.0 Å². The zero-order valence-corrected chi connectivity index (χ0v) is 26.4. The van der Waals surface area contributed by atoms with Gasteiger partial charge in [-0.05, 0) is 38.5 Å². The van der Waals surface area contributed by atoms with Gasteiger partial charge in [0.25, 0.3) is 0 Å². The Morgan fingerprint density at radius 3 is 1.16 bits per heavy atom. The second-order valence-corrected chi connectivity index (χ2v) is 11.9. The van der Waals surface area contributed by atoms with Crippen LogP contribution in [0.1, 0.15) is 206 Å². The van der Waals surface area contributed by atoms with Gasteiger partial charge >= 0.3 is 5.97 Å². The van der Waals surface area contributed by atoms with Crippen LogP contribution in [0, 0.1) is 0 Å². The Morgan fingerprint density at radius 2 is 0.737 bits per heavy atom. The number of allylic oxidation sites excluding steroid dienone is 2. The highest BCUT2D eigenvalue weighted by Crippen LogP contribution is 2.15. The van der Waals surface area contributed by atoms with E-state index in [0.29, 0.717) is 13.0 Å². The van der Waals surface area contributed by atoms with Crippen molar-refractivity contribution < 1.29 is 9.53 Å². The highest BCUT2D eigenvalue weighted by atomic mass is 16.5. The third kappa shape index (κ3) is 33.2. The minimum atomic E-state index is 0.0166. The minimum Gasteiger partial charge on any atom is -0.466 e. The molecular formula is C36H70O2. The molecule has 0 aromatic carbocycles. The van der Waals surface area contributed by atoms with Crippen molar-refractivity contribution in [1.82, 2.24) is 0 Å². The van der Waals surface area contributed by atoms with Gasteiger partial charge in [-0.3, -0.25) is 4.79 Å². The normalized spacial score (nSPS) is 11.5. The molecule has 0 aliphatic rings. The van der Waals surface area contributed by atoms with Crippen molar-refractivity contribution in [3.8, 4) is 0 Å². The van der Waals surface area contributed by atoms with E-state index in [1.807, 2.05) is 0 Å². The van der Waals surface area contributed by atoms with E-state index in [9.17, 15) is 4.79 Å². The lowest BCUT2D eigenvalue weighted by Crippen LogP contribution is -2.05. The molecule has 0 spiro atoms. The summed E-state index contributed by atoms with van der Waals surface area (Å²) in [6, 6.07) is 0. The predicted octanol–water partition coefficient (Wildman–Crippen LogP) is 12.8. The van der Waals surface area contributed by atoms with E-state index in [0.717, 1.165) is 19.3 Å². The van der Waals surface area contributed by atoms with Crippen molar-refractivity contribution in [2.45, 2.75) is 206 Å².